The van der Waals surface area contributed by atoms with Gasteiger partial charge in [-0.05, 0) is 48.9 Å². The van der Waals surface area contributed by atoms with Gasteiger partial charge in [0.1, 0.15) is 0 Å². The van der Waals surface area contributed by atoms with Crippen LogP contribution in [0.15, 0.2) is 18.2 Å². The molecule has 0 unspecified atom stereocenters. The summed E-state index contributed by atoms with van der Waals surface area (Å²) in [6.45, 7) is 0.730. The van der Waals surface area contributed by atoms with E-state index in [4.69, 9.17) is 10.5 Å². The summed E-state index contributed by atoms with van der Waals surface area (Å²) in [6.07, 6.45) is 4.74. The van der Waals surface area contributed by atoms with Gasteiger partial charge in [0.15, 0.2) is 0 Å². The van der Waals surface area contributed by atoms with Gasteiger partial charge in [0.05, 0.1) is 6.10 Å². The van der Waals surface area contributed by atoms with Gasteiger partial charge in [-0.25, -0.2) is 0 Å². The maximum Gasteiger partial charge on any atom is 0.0615 e. The molecule has 15 heavy (non-hydrogen) atoms. The normalized spacial score (nSPS) is 20.0. The van der Waals surface area contributed by atoms with Crippen LogP contribution < -0.4 is 5.73 Å². The van der Waals surface area contributed by atoms with Crippen LogP contribution in [0, 0.1) is 0 Å². The summed E-state index contributed by atoms with van der Waals surface area (Å²) in [6, 6.07) is 6.59. The van der Waals surface area contributed by atoms with Gasteiger partial charge in [0.2, 0.25) is 0 Å². The van der Waals surface area contributed by atoms with Crippen LogP contribution in [0.1, 0.15) is 23.1 Å². The molecular formula is C13H19NO. The number of fused-ring (bicyclic) bond motifs is 1. The fourth-order valence-electron chi connectivity index (χ4n) is 2.42. The van der Waals surface area contributed by atoms with Crippen molar-refractivity contribution in [1.82, 2.24) is 0 Å². The molecule has 1 aromatic rings. The van der Waals surface area contributed by atoms with Crippen molar-refractivity contribution in [1.29, 1.82) is 0 Å². The van der Waals surface area contributed by atoms with Crippen molar-refractivity contribution in [2.45, 2.75) is 31.8 Å². The molecule has 0 radical (unpaired) electrons. The van der Waals surface area contributed by atoms with Crippen LogP contribution in [0.3, 0.4) is 0 Å². The fourth-order valence-corrected chi connectivity index (χ4v) is 2.42. The largest absolute Gasteiger partial charge is 0.381 e. The standard InChI is InChI=1S/C13H19NO/c1-15-12-6-5-10-3-2-4-11(7-8-14)13(10)9-12/h2-4,12H,5-9,14H2,1H3/t12-/m0/s1. The third kappa shape index (κ3) is 2.21. The summed E-state index contributed by atoms with van der Waals surface area (Å²) in [4.78, 5) is 0. The van der Waals surface area contributed by atoms with Crippen LogP contribution in [0.25, 0.3) is 0 Å². The van der Waals surface area contributed by atoms with Crippen LogP contribution in [-0.2, 0) is 24.0 Å². The monoisotopic (exact) mass is 205 g/mol. The summed E-state index contributed by atoms with van der Waals surface area (Å²) < 4.78 is 5.45. The van der Waals surface area contributed by atoms with Gasteiger partial charge in [-0.2, -0.15) is 0 Å². The van der Waals surface area contributed by atoms with Gasteiger partial charge < -0.3 is 10.5 Å². The zero-order valence-electron chi connectivity index (χ0n) is 9.33. The summed E-state index contributed by atoms with van der Waals surface area (Å²) in [7, 11) is 1.81. The van der Waals surface area contributed by atoms with Gasteiger partial charge >= 0.3 is 0 Å². The molecule has 0 saturated carbocycles. The molecule has 82 valence electrons. The molecule has 2 N–H and O–H groups in total. The predicted octanol–water partition coefficient (Wildman–Crippen LogP) is 1.69. The van der Waals surface area contributed by atoms with Crippen LogP contribution >= 0.6 is 0 Å². The Morgan fingerprint density at radius 1 is 1.47 bits per heavy atom. The van der Waals surface area contributed by atoms with Crippen molar-refractivity contribution in [3.8, 4) is 0 Å². The highest BCUT2D eigenvalue weighted by molar-refractivity contribution is 5.38. The molecule has 2 rings (SSSR count). The molecule has 2 nitrogen and oxygen atoms in total. The maximum absolute atomic E-state index is 5.63. The highest BCUT2D eigenvalue weighted by Crippen LogP contribution is 2.26. The Hall–Kier alpha value is -0.860. The SMILES string of the molecule is CO[C@H]1CCc2cccc(CCN)c2C1. The highest BCUT2D eigenvalue weighted by atomic mass is 16.5. The first kappa shape index (κ1) is 10.7. The van der Waals surface area contributed by atoms with Crippen LogP contribution in [0.4, 0.5) is 0 Å². The van der Waals surface area contributed by atoms with E-state index in [9.17, 15) is 0 Å². The minimum Gasteiger partial charge on any atom is -0.381 e. The lowest BCUT2D eigenvalue weighted by atomic mass is 9.86. The van der Waals surface area contributed by atoms with Crippen LogP contribution in [0.2, 0.25) is 0 Å². The first-order valence-corrected chi connectivity index (χ1v) is 5.67. The van der Waals surface area contributed by atoms with Gasteiger partial charge in [0.25, 0.3) is 0 Å². The molecule has 0 aromatic heterocycles. The smallest absolute Gasteiger partial charge is 0.0615 e. The quantitative estimate of drug-likeness (QED) is 0.815. The average Bonchev–Trinajstić information content (AvgIpc) is 2.29. The topological polar surface area (TPSA) is 35.2 Å². The number of aryl methyl sites for hydroxylation is 1. The molecule has 2 heteroatoms. The molecule has 0 heterocycles. The second kappa shape index (κ2) is 4.77. The molecule has 0 amide bonds. The van der Waals surface area contributed by atoms with E-state index in [1.165, 1.54) is 16.7 Å². The van der Waals surface area contributed by atoms with E-state index in [0.29, 0.717) is 6.10 Å². The Labute approximate surface area is 91.4 Å². The molecule has 0 bridgehead atoms. The summed E-state index contributed by atoms with van der Waals surface area (Å²) in [5, 5.41) is 0. The van der Waals surface area contributed by atoms with Crippen molar-refractivity contribution < 1.29 is 4.74 Å². The second-order valence-corrected chi connectivity index (χ2v) is 4.19. The molecule has 1 aliphatic carbocycles. The number of methoxy groups -OCH3 is 1. The molecule has 0 saturated heterocycles. The number of ether oxygens (including phenoxy) is 1. The molecule has 0 aliphatic heterocycles. The van der Waals surface area contributed by atoms with Crippen molar-refractivity contribution in [3.63, 3.8) is 0 Å². The van der Waals surface area contributed by atoms with Crippen LogP contribution in [0.5, 0.6) is 0 Å². The third-order valence-corrected chi connectivity index (χ3v) is 3.28. The van der Waals surface area contributed by atoms with Crippen molar-refractivity contribution >= 4 is 0 Å². The summed E-state index contributed by atoms with van der Waals surface area (Å²) >= 11 is 0. The van der Waals surface area contributed by atoms with Gasteiger partial charge in [-0.15, -0.1) is 0 Å². The lowest BCUT2D eigenvalue weighted by Crippen LogP contribution is -2.22. The van der Waals surface area contributed by atoms with Crippen molar-refractivity contribution in [3.05, 3.63) is 34.9 Å². The van der Waals surface area contributed by atoms with E-state index in [1.807, 2.05) is 0 Å². The molecule has 0 fully saturated rings. The average molecular weight is 205 g/mol. The first-order chi connectivity index (χ1) is 7.35. The Balaban J connectivity index is 2.28. The zero-order valence-corrected chi connectivity index (χ0v) is 9.33. The van der Waals surface area contributed by atoms with Crippen LogP contribution in [-0.4, -0.2) is 19.8 Å². The fraction of sp³-hybridized carbons (Fsp3) is 0.538. The van der Waals surface area contributed by atoms with Crippen molar-refractivity contribution in [2.24, 2.45) is 5.73 Å². The van der Waals surface area contributed by atoms with Gasteiger partial charge in [-0.1, -0.05) is 18.2 Å². The third-order valence-electron chi connectivity index (χ3n) is 3.28. The zero-order chi connectivity index (χ0) is 10.7. The van der Waals surface area contributed by atoms with Crippen molar-refractivity contribution in [2.75, 3.05) is 13.7 Å². The predicted molar refractivity (Wildman–Crippen MR) is 62.0 cm³/mol. The Bertz CT molecular complexity index is 335. The number of hydrogen-bond acceptors (Lipinski definition) is 2. The Morgan fingerprint density at radius 3 is 3.07 bits per heavy atom. The van der Waals surface area contributed by atoms with E-state index < -0.39 is 0 Å². The lowest BCUT2D eigenvalue weighted by molar-refractivity contribution is 0.0909. The van der Waals surface area contributed by atoms with E-state index in [-0.39, 0.29) is 0 Å². The molecule has 0 spiro atoms. The second-order valence-electron chi connectivity index (χ2n) is 4.19. The van der Waals surface area contributed by atoms with E-state index in [2.05, 4.69) is 18.2 Å². The maximum atomic E-state index is 5.63. The number of hydrogen-bond donors (Lipinski definition) is 1. The minimum absolute atomic E-state index is 0.399. The minimum atomic E-state index is 0.399. The highest BCUT2D eigenvalue weighted by Gasteiger charge is 2.19. The van der Waals surface area contributed by atoms with E-state index >= 15 is 0 Å². The number of nitrogens with two attached hydrogens (primary N) is 1. The molecule has 1 aliphatic rings. The van der Waals surface area contributed by atoms with Gasteiger partial charge in [0, 0.05) is 7.11 Å². The lowest BCUT2D eigenvalue weighted by Gasteiger charge is -2.25. The summed E-state index contributed by atoms with van der Waals surface area (Å²) in [5.41, 5.74) is 10.0. The number of rotatable bonds is 3. The summed E-state index contributed by atoms with van der Waals surface area (Å²) in [5.74, 6) is 0. The van der Waals surface area contributed by atoms with E-state index in [0.717, 1.165) is 32.2 Å². The molecular weight excluding hydrogens is 186 g/mol. The number of benzene rings is 1. The molecule has 1 aromatic carbocycles. The Kier molecular flexibility index (Phi) is 3.39. The molecule has 1 atom stereocenters. The Morgan fingerprint density at radius 2 is 2.33 bits per heavy atom. The first-order valence-electron chi connectivity index (χ1n) is 5.67. The van der Waals surface area contributed by atoms with E-state index in [1.54, 1.807) is 7.11 Å². The van der Waals surface area contributed by atoms with Gasteiger partial charge in [-0.3, -0.25) is 0 Å².